The highest BCUT2D eigenvalue weighted by molar-refractivity contribution is 9.10. The number of hydrogen-bond donors (Lipinski definition) is 2. The fourth-order valence-electron chi connectivity index (χ4n) is 1.20. The molecule has 4 heteroatoms. The van der Waals surface area contributed by atoms with Crippen molar-refractivity contribution >= 4 is 21.9 Å². The molecule has 14 heavy (non-hydrogen) atoms. The summed E-state index contributed by atoms with van der Waals surface area (Å²) in [6.07, 6.45) is -0.0406. The average molecular weight is 258 g/mol. The van der Waals surface area contributed by atoms with Crippen LogP contribution in [0, 0.1) is 6.92 Å². The van der Waals surface area contributed by atoms with Crippen molar-refractivity contribution in [1.82, 2.24) is 0 Å². The van der Waals surface area contributed by atoms with Crippen LogP contribution >= 0.6 is 15.9 Å². The first-order valence-electron chi connectivity index (χ1n) is 4.24. The van der Waals surface area contributed by atoms with Crippen molar-refractivity contribution in [2.24, 2.45) is 5.73 Å². The van der Waals surface area contributed by atoms with E-state index in [9.17, 15) is 4.79 Å². The topological polar surface area (TPSA) is 63.3 Å². The zero-order valence-corrected chi connectivity index (χ0v) is 9.41. The molecule has 0 aromatic heterocycles. The number of carboxylic acids is 1. The lowest BCUT2D eigenvalue weighted by Gasteiger charge is -2.10. The minimum absolute atomic E-state index is 0.0406. The first kappa shape index (κ1) is 11.2. The van der Waals surface area contributed by atoms with Gasteiger partial charge >= 0.3 is 5.97 Å². The van der Waals surface area contributed by atoms with Gasteiger partial charge in [0.05, 0.1) is 6.42 Å². The van der Waals surface area contributed by atoms with Gasteiger partial charge in [0, 0.05) is 10.5 Å². The predicted octanol–water partition coefficient (Wildman–Crippen LogP) is 2.23. The second kappa shape index (κ2) is 4.57. The van der Waals surface area contributed by atoms with Gasteiger partial charge in [0.1, 0.15) is 0 Å². The summed E-state index contributed by atoms with van der Waals surface area (Å²) in [5.41, 5.74) is 7.63. The van der Waals surface area contributed by atoms with Crippen molar-refractivity contribution in [2.75, 3.05) is 0 Å². The highest BCUT2D eigenvalue weighted by atomic mass is 79.9. The maximum atomic E-state index is 10.4. The lowest BCUT2D eigenvalue weighted by atomic mass is 10.0. The van der Waals surface area contributed by atoms with E-state index in [1.807, 2.05) is 25.1 Å². The Morgan fingerprint density at radius 1 is 1.64 bits per heavy atom. The molecule has 1 unspecified atom stereocenters. The molecule has 1 aromatic carbocycles. The molecule has 0 radical (unpaired) electrons. The van der Waals surface area contributed by atoms with Crippen LogP contribution in [0.4, 0.5) is 0 Å². The molecule has 0 aliphatic carbocycles. The molecular formula is C10H12BrNO2. The zero-order chi connectivity index (χ0) is 10.7. The number of hydrogen-bond acceptors (Lipinski definition) is 2. The number of nitrogens with two attached hydrogens (primary N) is 1. The molecule has 0 heterocycles. The number of rotatable bonds is 3. The van der Waals surface area contributed by atoms with Crippen molar-refractivity contribution < 1.29 is 9.90 Å². The molecule has 76 valence electrons. The van der Waals surface area contributed by atoms with Crippen molar-refractivity contribution in [2.45, 2.75) is 19.4 Å². The molecule has 0 amide bonds. The Balaban J connectivity index is 2.85. The standard InChI is InChI=1S/C10H12BrNO2/c1-6-4-7(2-3-8(6)11)9(12)5-10(13)14/h2-4,9H,5,12H2,1H3,(H,13,14). The molecule has 3 nitrogen and oxygen atoms in total. The Hall–Kier alpha value is -0.870. The van der Waals surface area contributed by atoms with E-state index >= 15 is 0 Å². The van der Waals surface area contributed by atoms with Crippen LogP contribution in [0.2, 0.25) is 0 Å². The van der Waals surface area contributed by atoms with E-state index in [4.69, 9.17) is 10.8 Å². The van der Waals surface area contributed by atoms with Crippen LogP contribution in [-0.4, -0.2) is 11.1 Å². The van der Waals surface area contributed by atoms with E-state index in [-0.39, 0.29) is 6.42 Å². The second-order valence-corrected chi connectivity index (χ2v) is 4.07. The summed E-state index contributed by atoms with van der Waals surface area (Å²) >= 11 is 3.37. The number of aryl methyl sites for hydroxylation is 1. The lowest BCUT2D eigenvalue weighted by molar-refractivity contribution is -0.137. The van der Waals surface area contributed by atoms with Gasteiger partial charge in [-0.1, -0.05) is 28.1 Å². The molecule has 0 spiro atoms. The first-order valence-corrected chi connectivity index (χ1v) is 5.03. The summed E-state index contributed by atoms with van der Waals surface area (Å²) in [6.45, 7) is 1.95. The maximum Gasteiger partial charge on any atom is 0.305 e. The van der Waals surface area contributed by atoms with Crippen molar-refractivity contribution in [3.63, 3.8) is 0 Å². The van der Waals surface area contributed by atoms with Crippen molar-refractivity contribution in [3.8, 4) is 0 Å². The van der Waals surface area contributed by atoms with Crippen LogP contribution in [-0.2, 0) is 4.79 Å². The Morgan fingerprint density at radius 2 is 2.29 bits per heavy atom. The minimum Gasteiger partial charge on any atom is -0.481 e. The molecule has 1 atom stereocenters. The summed E-state index contributed by atoms with van der Waals surface area (Å²) in [7, 11) is 0. The largest absolute Gasteiger partial charge is 0.481 e. The van der Waals surface area contributed by atoms with E-state index in [0.29, 0.717) is 0 Å². The summed E-state index contributed by atoms with van der Waals surface area (Å²) in [5, 5.41) is 8.58. The summed E-state index contributed by atoms with van der Waals surface area (Å²) in [6, 6.07) is 5.19. The molecule has 0 bridgehead atoms. The first-order chi connectivity index (χ1) is 6.50. The molecule has 1 rings (SSSR count). The van der Waals surface area contributed by atoms with E-state index in [2.05, 4.69) is 15.9 Å². The molecule has 0 fully saturated rings. The summed E-state index contributed by atoms with van der Waals surface area (Å²) in [4.78, 5) is 10.4. The van der Waals surface area contributed by atoms with Gasteiger partial charge in [-0.2, -0.15) is 0 Å². The molecule has 3 N–H and O–H groups in total. The molecule has 1 aromatic rings. The van der Waals surface area contributed by atoms with E-state index in [0.717, 1.165) is 15.6 Å². The molecule has 0 saturated carbocycles. The van der Waals surface area contributed by atoms with Gasteiger partial charge in [-0.15, -0.1) is 0 Å². The number of benzene rings is 1. The SMILES string of the molecule is Cc1cc(C(N)CC(=O)O)ccc1Br. The van der Waals surface area contributed by atoms with Gasteiger partial charge in [0.15, 0.2) is 0 Å². The van der Waals surface area contributed by atoms with E-state index < -0.39 is 12.0 Å². The third kappa shape index (κ3) is 2.82. The second-order valence-electron chi connectivity index (χ2n) is 3.21. The number of carbonyl (C=O) groups is 1. The van der Waals surface area contributed by atoms with Gasteiger partial charge in [-0.05, 0) is 24.1 Å². The molecule has 0 saturated heterocycles. The van der Waals surface area contributed by atoms with Crippen molar-refractivity contribution in [3.05, 3.63) is 33.8 Å². The third-order valence-electron chi connectivity index (χ3n) is 2.00. The van der Waals surface area contributed by atoms with Crippen LogP contribution in [0.15, 0.2) is 22.7 Å². The van der Waals surface area contributed by atoms with E-state index in [1.165, 1.54) is 0 Å². The fourth-order valence-corrected chi connectivity index (χ4v) is 1.45. The monoisotopic (exact) mass is 257 g/mol. The number of carboxylic acid groups (broad SMARTS) is 1. The smallest absolute Gasteiger partial charge is 0.305 e. The van der Waals surface area contributed by atoms with E-state index in [1.54, 1.807) is 0 Å². The van der Waals surface area contributed by atoms with Crippen LogP contribution in [0.3, 0.4) is 0 Å². The quantitative estimate of drug-likeness (QED) is 0.873. The Labute approximate surface area is 91.1 Å². The highest BCUT2D eigenvalue weighted by Gasteiger charge is 2.10. The highest BCUT2D eigenvalue weighted by Crippen LogP contribution is 2.21. The van der Waals surface area contributed by atoms with Crippen LogP contribution < -0.4 is 5.73 Å². The van der Waals surface area contributed by atoms with Crippen molar-refractivity contribution in [1.29, 1.82) is 0 Å². The number of aliphatic carboxylic acids is 1. The maximum absolute atomic E-state index is 10.4. The molecular weight excluding hydrogens is 246 g/mol. The summed E-state index contributed by atoms with van der Waals surface area (Å²) < 4.78 is 1.00. The Morgan fingerprint density at radius 3 is 2.79 bits per heavy atom. The normalized spacial score (nSPS) is 12.5. The Bertz CT molecular complexity index is 352. The zero-order valence-electron chi connectivity index (χ0n) is 7.83. The molecule has 0 aliphatic rings. The van der Waals surface area contributed by atoms with Gasteiger partial charge in [-0.3, -0.25) is 4.79 Å². The average Bonchev–Trinajstić information content (AvgIpc) is 2.08. The molecule has 0 aliphatic heterocycles. The van der Waals surface area contributed by atoms with Crippen LogP contribution in [0.25, 0.3) is 0 Å². The van der Waals surface area contributed by atoms with Gasteiger partial charge in [0.25, 0.3) is 0 Å². The summed E-state index contributed by atoms with van der Waals surface area (Å²) in [5.74, 6) is -0.877. The number of halogens is 1. The van der Waals surface area contributed by atoms with Crippen LogP contribution in [0.5, 0.6) is 0 Å². The fraction of sp³-hybridized carbons (Fsp3) is 0.300. The predicted molar refractivity (Wildman–Crippen MR) is 58.1 cm³/mol. The van der Waals surface area contributed by atoms with Crippen LogP contribution in [0.1, 0.15) is 23.6 Å². The minimum atomic E-state index is -0.877. The third-order valence-corrected chi connectivity index (χ3v) is 2.89. The van der Waals surface area contributed by atoms with Gasteiger partial charge < -0.3 is 10.8 Å². The van der Waals surface area contributed by atoms with Gasteiger partial charge in [-0.25, -0.2) is 0 Å². The lowest BCUT2D eigenvalue weighted by Crippen LogP contribution is -2.15. The Kier molecular flexibility index (Phi) is 3.66. The van der Waals surface area contributed by atoms with Gasteiger partial charge in [0.2, 0.25) is 0 Å².